The molecule has 0 spiro atoms. The Morgan fingerprint density at radius 3 is 2.80 bits per heavy atom. The van der Waals surface area contributed by atoms with E-state index < -0.39 is 0 Å². The second-order valence-electron chi connectivity index (χ2n) is 5.47. The molecule has 4 aromatic rings. The smallest absolute Gasteiger partial charge is 0.239 e. The van der Waals surface area contributed by atoms with Gasteiger partial charge in [-0.05, 0) is 19.1 Å². The molecular formula is C17H16N6OS. The second kappa shape index (κ2) is 6.64. The van der Waals surface area contributed by atoms with Crippen molar-refractivity contribution in [3.8, 4) is 5.69 Å². The van der Waals surface area contributed by atoms with E-state index in [1.165, 1.54) is 0 Å². The van der Waals surface area contributed by atoms with Crippen LogP contribution in [-0.2, 0) is 6.42 Å². The molecule has 8 heteroatoms. The number of hydrogen-bond donors (Lipinski definition) is 0. The maximum absolute atomic E-state index is 5.33. The lowest BCUT2D eigenvalue weighted by molar-refractivity contribution is 0.375. The molecule has 0 amide bonds. The Hall–Kier alpha value is -2.74. The normalized spacial score (nSPS) is 12.6. The van der Waals surface area contributed by atoms with E-state index in [-0.39, 0.29) is 5.25 Å². The van der Waals surface area contributed by atoms with Crippen molar-refractivity contribution in [2.45, 2.75) is 30.5 Å². The molecular weight excluding hydrogens is 336 g/mol. The summed E-state index contributed by atoms with van der Waals surface area (Å²) in [6.45, 7) is 4.02. The highest BCUT2D eigenvalue weighted by Crippen LogP contribution is 2.36. The van der Waals surface area contributed by atoms with Gasteiger partial charge in [0.1, 0.15) is 11.4 Å². The minimum Gasteiger partial charge on any atom is -0.338 e. The molecule has 0 fully saturated rings. The number of aryl methyl sites for hydroxylation is 1. The highest BCUT2D eigenvalue weighted by molar-refractivity contribution is 7.99. The highest BCUT2D eigenvalue weighted by atomic mass is 32.2. The lowest BCUT2D eigenvalue weighted by Gasteiger charge is -2.07. The average molecular weight is 352 g/mol. The van der Waals surface area contributed by atoms with Gasteiger partial charge < -0.3 is 4.52 Å². The zero-order chi connectivity index (χ0) is 17.2. The Labute approximate surface area is 148 Å². The molecule has 0 radical (unpaired) electrons. The fourth-order valence-corrected chi connectivity index (χ4v) is 3.38. The van der Waals surface area contributed by atoms with Crippen molar-refractivity contribution in [1.29, 1.82) is 0 Å². The van der Waals surface area contributed by atoms with Gasteiger partial charge in [0.2, 0.25) is 5.89 Å². The number of fused-ring (bicyclic) bond motifs is 1. The Morgan fingerprint density at radius 2 is 2.04 bits per heavy atom. The number of hydrogen-bond acceptors (Lipinski definition) is 7. The molecule has 0 saturated carbocycles. The van der Waals surface area contributed by atoms with E-state index in [1.807, 2.05) is 48.9 Å². The molecule has 3 aromatic heterocycles. The van der Waals surface area contributed by atoms with Crippen LogP contribution >= 0.6 is 11.8 Å². The van der Waals surface area contributed by atoms with E-state index in [0.717, 1.165) is 28.2 Å². The molecule has 4 rings (SSSR count). The van der Waals surface area contributed by atoms with Crippen LogP contribution in [0.3, 0.4) is 0 Å². The Morgan fingerprint density at radius 1 is 1.20 bits per heavy atom. The summed E-state index contributed by atoms with van der Waals surface area (Å²) >= 11 is 1.56. The highest BCUT2D eigenvalue weighted by Gasteiger charge is 2.19. The summed E-state index contributed by atoms with van der Waals surface area (Å²) in [5, 5.41) is 10.2. The lowest BCUT2D eigenvalue weighted by atomic mass is 10.3. The van der Waals surface area contributed by atoms with Gasteiger partial charge in [-0.15, -0.1) is 0 Å². The molecule has 1 atom stereocenters. The van der Waals surface area contributed by atoms with Crippen LogP contribution in [0.4, 0.5) is 0 Å². The summed E-state index contributed by atoms with van der Waals surface area (Å²) in [5.74, 6) is 1.32. The minimum absolute atomic E-state index is 0.00836. The maximum Gasteiger partial charge on any atom is 0.239 e. The molecule has 1 unspecified atom stereocenters. The fraction of sp³-hybridized carbons (Fsp3) is 0.235. The molecule has 3 heterocycles. The third-order valence-electron chi connectivity index (χ3n) is 3.77. The van der Waals surface area contributed by atoms with Gasteiger partial charge in [0, 0.05) is 6.42 Å². The van der Waals surface area contributed by atoms with Crippen LogP contribution < -0.4 is 0 Å². The van der Waals surface area contributed by atoms with Gasteiger partial charge in [-0.3, -0.25) is 0 Å². The third-order valence-corrected chi connectivity index (χ3v) is 4.87. The van der Waals surface area contributed by atoms with Crippen LogP contribution in [0.5, 0.6) is 0 Å². The number of benzene rings is 1. The van der Waals surface area contributed by atoms with Gasteiger partial charge in [0.25, 0.3) is 0 Å². The van der Waals surface area contributed by atoms with Crippen LogP contribution in [0.1, 0.15) is 30.8 Å². The SMILES string of the molecule is CCc1noc(C(C)Sc2ncnc3c2cnn3-c2ccccc2)n1. The first-order valence-corrected chi connectivity index (χ1v) is 8.87. The summed E-state index contributed by atoms with van der Waals surface area (Å²) in [6.07, 6.45) is 4.11. The van der Waals surface area contributed by atoms with E-state index in [1.54, 1.807) is 24.3 Å². The number of nitrogens with zero attached hydrogens (tertiary/aromatic N) is 6. The molecule has 0 N–H and O–H groups in total. The predicted octanol–water partition coefficient (Wildman–Crippen LogP) is 3.61. The van der Waals surface area contributed by atoms with Crippen molar-refractivity contribution in [3.05, 3.63) is 54.6 Å². The summed E-state index contributed by atoms with van der Waals surface area (Å²) in [6, 6.07) is 9.91. The van der Waals surface area contributed by atoms with Crippen molar-refractivity contribution >= 4 is 22.8 Å². The first kappa shape index (κ1) is 15.8. The molecule has 0 aliphatic rings. The molecule has 0 saturated heterocycles. The van der Waals surface area contributed by atoms with Gasteiger partial charge in [-0.25, -0.2) is 14.6 Å². The molecule has 0 aliphatic carbocycles. The van der Waals surface area contributed by atoms with E-state index >= 15 is 0 Å². The quantitative estimate of drug-likeness (QED) is 0.401. The van der Waals surface area contributed by atoms with E-state index in [2.05, 4.69) is 25.2 Å². The average Bonchev–Trinajstić information content (AvgIpc) is 3.30. The van der Waals surface area contributed by atoms with Crippen molar-refractivity contribution in [3.63, 3.8) is 0 Å². The second-order valence-corrected chi connectivity index (χ2v) is 6.80. The number of aromatic nitrogens is 6. The first-order chi connectivity index (χ1) is 12.3. The van der Waals surface area contributed by atoms with Crippen LogP contribution in [-0.4, -0.2) is 29.9 Å². The minimum atomic E-state index is -0.00836. The van der Waals surface area contributed by atoms with E-state index in [9.17, 15) is 0 Å². The standard InChI is InChI=1S/C17H16N6OS/c1-3-14-21-16(24-22-14)11(2)25-17-13-9-20-23(15(13)18-10-19-17)12-7-5-4-6-8-12/h4-11H,3H2,1-2H3. The Kier molecular flexibility index (Phi) is 4.19. The van der Waals surface area contributed by atoms with E-state index in [0.29, 0.717) is 11.7 Å². The van der Waals surface area contributed by atoms with Gasteiger partial charge in [0.05, 0.1) is 22.5 Å². The van der Waals surface area contributed by atoms with Crippen molar-refractivity contribution in [1.82, 2.24) is 29.9 Å². The van der Waals surface area contributed by atoms with Crippen LogP contribution in [0.25, 0.3) is 16.7 Å². The molecule has 0 bridgehead atoms. The van der Waals surface area contributed by atoms with Crippen molar-refractivity contribution in [2.24, 2.45) is 0 Å². The van der Waals surface area contributed by atoms with E-state index in [4.69, 9.17) is 4.52 Å². The molecule has 1 aromatic carbocycles. The van der Waals surface area contributed by atoms with Crippen LogP contribution in [0.15, 0.2) is 52.4 Å². The first-order valence-electron chi connectivity index (χ1n) is 7.99. The third kappa shape index (κ3) is 3.00. The van der Waals surface area contributed by atoms with Gasteiger partial charge >= 0.3 is 0 Å². The van der Waals surface area contributed by atoms with Crippen LogP contribution in [0.2, 0.25) is 0 Å². The summed E-state index contributed by atoms with van der Waals surface area (Å²) in [5.41, 5.74) is 1.74. The summed E-state index contributed by atoms with van der Waals surface area (Å²) in [7, 11) is 0. The predicted molar refractivity (Wildman–Crippen MR) is 94.6 cm³/mol. The maximum atomic E-state index is 5.33. The summed E-state index contributed by atoms with van der Waals surface area (Å²) < 4.78 is 7.14. The largest absolute Gasteiger partial charge is 0.338 e. The monoisotopic (exact) mass is 352 g/mol. The zero-order valence-corrected chi connectivity index (χ0v) is 14.6. The topological polar surface area (TPSA) is 82.5 Å². The number of para-hydroxylation sites is 1. The summed E-state index contributed by atoms with van der Waals surface area (Å²) in [4.78, 5) is 13.2. The molecule has 25 heavy (non-hydrogen) atoms. The van der Waals surface area contributed by atoms with Gasteiger partial charge in [-0.1, -0.05) is 42.0 Å². The lowest BCUT2D eigenvalue weighted by Crippen LogP contribution is -1.98. The zero-order valence-electron chi connectivity index (χ0n) is 13.8. The number of thioether (sulfide) groups is 1. The van der Waals surface area contributed by atoms with Gasteiger partial charge in [-0.2, -0.15) is 10.1 Å². The van der Waals surface area contributed by atoms with Crippen LogP contribution in [0, 0.1) is 0 Å². The molecule has 126 valence electrons. The fourth-order valence-electron chi connectivity index (χ4n) is 2.47. The molecule has 0 aliphatic heterocycles. The van der Waals surface area contributed by atoms with Gasteiger partial charge in [0.15, 0.2) is 11.5 Å². The Bertz CT molecular complexity index is 997. The number of rotatable bonds is 5. The van der Waals surface area contributed by atoms with Crippen molar-refractivity contribution in [2.75, 3.05) is 0 Å². The van der Waals surface area contributed by atoms with Crippen molar-refractivity contribution < 1.29 is 4.52 Å². The molecule has 7 nitrogen and oxygen atoms in total. The Balaban J connectivity index is 1.67.